The summed E-state index contributed by atoms with van der Waals surface area (Å²) in [5.74, 6) is 1.36. The minimum atomic E-state index is -0.679. The highest BCUT2D eigenvalue weighted by molar-refractivity contribution is 9.10. The van der Waals surface area contributed by atoms with Gasteiger partial charge in [0.25, 0.3) is 0 Å². The third kappa shape index (κ3) is 2.50. The molecule has 6 nitrogen and oxygen atoms in total. The van der Waals surface area contributed by atoms with Crippen LogP contribution in [0.3, 0.4) is 0 Å². The molecule has 1 aliphatic carbocycles. The molecule has 2 aromatic rings. The molecule has 0 aromatic carbocycles. The minimum absolute atomic E-state index is 0. The lowest BCUT2D eigenvalue weighted by Gasteiger charge is -2.56. The van der Waals surface area contributed by atoms with E-state index in [0.717, 1.165) is 0 Å². The van der Waals surface area contributed by atoms with Gasteiger partial charge in [-0.1, -0.05) is 19.0 Å². The normalized spacial score (nSPS) is 26.3. The van der Waals surface area contributed by atoms with Gasteiger partial charge in [-0.25, -0.2) is 0 Å². The molecule has 2 aromatic heterocycles. The second-order valence-corrected chi connectivity index (χ2v) is 6.65. The predicted octanol–water partition coefficient (Wildman–Crippen LogP) is 3.50. The Morgan fingerprint density at radius 3 is 2.73 bits per heavy atom. The summed E-state index contributed by atoms with van der Waals surface area (Å²) in [4.78, 5) is 4.40. The predicted molar refractivity (Wildman–Crippen MR) is 86.6 cm³/mol. The van der Waals surface area contributed by atoms with Crippen LogP contribution in [0.25, 0.3) is 11.6 Å². The molecule has 0 saturated heterocycles. The highest BCUT2D eigenvalue weighted by Gasteiger charge is 2.62. The van der Waals surface area contributed by atoms with Crippen molar-refractivity contribution in [1.82, 2.24) is 10.1 Å². The number of nitrogens with two attached hydrogens (primary N) is 1. The Morgan fingerprint density at radius 1 is 1.45 bits per heavy atom. The molecule has 2 atom stereocenters. The van der Waals surface area contributed by atoms with E-state index in [1.54, 1.807) is 12.1 Å². The van der Waals surface area contributed by atoms with Crippen molar-refractivity contribution >= 4 is 28.3 Å². The summed E-state index contributed by atoms with van der Waals surface area (Å²) in [5, 5.41) is 3.96. The van der Waals surface area contributed by atoms with Crippen LogP contribution in [0.1, 0.15) is 33.1 Å². The molecule has 1 saturated carbocycles. The van der Waals surface area contributed by atoms with E-state index in [0.29, 0.717) is 35.2 Å². The maximum absolute atomic E-state index is 6.50. The molecule has 0 bridgehead atoms. The van der Waals surface area contributed by atoms with Crippen molar-refractivity contribution in [2.75, 3.05) is 6.61 Å². The Labute approximate surface area is 143 Å². The maximum Gasteiger partial charge on any atom is 0.247 e. The lowest BCUT2D eigenvalue weighted by molar-refractivity contribution is -0.162. The first-order valence-corrected chi connectivity index (χ1v) is 7.68. The molecule has 2 N–H and O–H groups in total. The zero-order valence-corrected chi connectivity index (χ0v) is 15.0. The fourth-order valence-electron chi connectivity index (χ4n) is 2.74. The maximum atomic E-state index is 6.50. The first-order valence-electron chi connectivity index (χ1n) is 6.89. The van der Waals surface area contributed by atoms with Crippen molar-refractivity contribution in [1.29, 1.82) is 0 Å². The van der Waals surface area contributed by atoms with E-state index in [-0.39, 0.29) is 23.9 Å². The number of ether oxygens (including phenoxy) is 1. The molecule has 1 fully saturated rings. The highest BCUT2D eigenvalue weighted by Crippen LogP contribution is 2.55. The minimum Gasteiger partial charge on any atom is -0.446 e. The van der Waals surface area contributed by atoms with Crippen molar-refractivity contribution in [3.8, 4) is 11.6 Å². The smallest absolute Gasteiger partial charge is 0.247 e. The number of furan rings is 1. The number of hydrogen-bond acceptors (Lipinski definition) is 6. The van der Waals surface area contributed by atoms with E-state index in [1.807, 2.05) is 6.92 Å². The average molecular weight is 393 g/mol. The fraction of sp³-hybridized carbons (Fsp3) is 0.571. The van der Waals surface area contributed by atoms with E-state index in [1.165, 1.54) is 0 Å². The monoisotopic (exact) mass is 391 g/mol. The second kappa shape index (κ2) is 5.96. The summed E-state index contributed by atoms with van der Waals surface area (Å²) in [5.41, 5.74) is 5.56. The zero-order chi connectivity index (χ0) is 15.3. The Morgan fingerprint density at radius 2 is 2.18 bits per heavy atom. The molecule has 0 aliphatic heterocycles. The van der Waals surface area contributed by atoms with Crippen LogP contribution in [-0.4, -0.2) is 22.9 Å². The van der Waals surface area contributed by atoms with Crippen LogP contribution in [0, 0.1) is 5.41 Å². The lowest BCUT2D eigenvalue weighted by atomic mass is 9.54. The van der Waals surface area contributed by atoms with Crippen LogP contribution in [0.15, 0.2) is 25.7 Å². The first kappa shape index (κ1) is 17.5. The molecule has 2 unspecified atom stereocenters. The summed E-state index contributed by atoms with van der Waals surface area (Å²) >= 11 is 3.25. The first-order chi connectivity index (χ1) is 9.88. The molecule has 8 heteroatoms. The van der Waals surface area contributed by atoms with E-state index in [4.69, 9.17) is 19.4 Å². The quantitative estimate of drug-likeness (QED) is 0.857. The standard InChI is InChI=1S/C14H18BrN3O3.ClH/c1-4-19-9-7-14(16,13(9,2)3)12-17-11(18-21-12)8-5-6-10(15)20-8;/h5-6,9H,4,7,16H2,1-3H3;1H. The van der Waals surface area contributed by atoms with Gasteiger partial charge in [0, 0.05) is 18.4 Å². The van der Waals surface area contributed by atoms with Gasteiger partial charge in [-0.3, -0.25) is 0 Å². The summed E-state index contributed by atoms with van der Waals surface area (Å²) in [7, 11) is 0. The average Bonchev–Trinajstić information content (AvgIpc) is 3.06. The van der Waals surface area contributed by atoms with Crippen molar-refractivity contribution in [2.45, 2.75) is 38.8 Å². The molecule has 122 valence electrons. The second-order valence-electron chi connectivity index (χ2n) is 5.87. The Hall–Kier alpha value is -0.890. The third-order valence-corrected chi connectivity index (χ3v) is 4.86. The molecular weight excluding hydrogens is 374 g/mol. The molecule has 2 heterocycles. The zero-order valence-electron chi connectivity index (χ0n) is 12.6. The van der Waals surface area contributed by atoms with Gasteiger partial charge in [-0.2, -0.15) is 4.98 Å². The van der Waals surface area contributed by atoms with Crippen molar-refractivity contribution in [3.63, 3.8) is 0 Å². The van der Waals surface area contributed by atoms with Crippen LogP contribution in [0.2, 0.25) is 0 Å². The number of halogens is 2. The van der Waals surface area contributed by atoms with Crippen LogP contribution < -0.4 is 5.73 Å². The molecular formula is C14H19BrClN3O3. The highest BCUT2D eigenvalue weighted by atomic mass is 79.9. The summed E-state index contributed by atoms with van der Waals surface area (Å²) < 4.78 is 17.1. The van der Waals surface area contributed by atoms with Gasteiger partial charge in [0.05, 0.1) is 6.10 Å². The van der Waals surface area contributed by atoms with Crippen molar-refractivity contribution in [2.24, 2.45) is 11.1 Å². The van der Waals surface area contributed by atoms with Crippen molar-refractivity contribution in [3.05, 3.63) is 22.7 Å². The number of hydrogen-bond donors (Lipinski definition) is 1. The van der Waals surface area contributed by atoms with Gasteiger partial charge in [-0.15, -0.1) is 12.4 Å². The van der Waals surface area contributed by atoms with Gasteiger partial charge in [-0.05, 0) is 35.0 Å². The molecule has 0 radical (unpaired) electrons. The Bertz CT molecular complexity index is 657. The van der Waals surface area contributed by atoms with Gasteiger partial charge in [0.2, 0.25) is 11.7 Å². The van der Waals surface area contributed by atoms with Gasteiger partial charge < -0.3 is 19.4 Å². The summed E-state index contributed by atoms with van der Waals surface area (Å²) in [6.07, 6.45) is 0.762. The molecule has 3 rings (SSSR count). The van der Waals surface area contributed by atoms with Gasteiger partial charge in [0.1, 0.15) is 5.54 Å². The molecule has 1 aliphatic rings. The Kier molecular flexibility index (Phi) is 4.73. The number of rotatable bonds is 4. The summed E-state index contributed by atoms with van der Waals surface area (Å²) in [6.45, 7) is 6.76. The van der Waals surface area contributed by atoms with E-state index in [2.05, 4.69) is 39.9 Å². The molecule has 0 spiro atoms. The van der Waals surface area contributed by atoms with E-state index in [9.17, 15) is 0 Å². The molecule has 22 heavy (non-hydrogen) atoms. The van der Waals surface area contributed by atoms with E-state index >= 15 is 0 Å². The van der Waals surface area contributed by atoms with Crippen LogP contribution >= 0.6 is 28.3 Å². The van der Waals surface area contributed by atoms with Crippen LogP contribution in [0.5, 0.6) is 0 Å². The van der Waals surface area contributed by atoms with Crippen LogP contribution in [0.4, 0.5) is 0 Å². The SMILES string of the molecule is CCOC1CC(N)(c2nc(-c3ccc(Br)o3)no2)C1(C)C.Cl. The topological polar surface area (TPSA) is 87.3 Å². The summed E-state index contributed by atoms with van der Waals surface area (Å²) in [6, 6.07) is 3.55. The van der Waals surface area contributed by atoms with Crippen LogP contribution in [-0.2, 0) is 10.3 Å². The van der Waals surface area contributed by atoms with Gasteiger partial charge in [0.15, 0.2) is 10.4 Å². The largest absolute Gasteiger partial charge is 0.446 e. The van der Waals surface area contributed by atoms with Gasteiger partial charge >= 0.3 is 0 Å². The third-order valence-electron chi connectivity index (χ3n) is 4.43. The Balaban J connectivity index is 0.00000176. The molecule has 0 amide bonds. The van der Waals surface area contributed by atoms with E-state index < -0.39 is 5.54 Å². The fourth-order valence-corrected chi connectivity index (χ4v) is 3.04. The van der Waals surface area contributed by atoms with Crippen molar-refractivity contribution < 1.29 is 13.7 Å². The number of nitrogens with zero attached hydrogens (tertiary/aromatic N) is 2. The number of aromatic nitrogens is 2. The lowest BCUT2D eigenvalue weighted by Crippen LogP contribution is -2.67.